The molecule has 0 spiro atoms. The van der Waals surface area contributed by atoms with Gasteiger partial charge in [0.1, 0.15) is 6.04 Å². The molecule has 1 aliphatic rings. The van der Waals surface area contributed by atoms with Crippen molar-refractivity contribution < 1.29 is 4.79 Å². The van der Waals surface area contributed by atoms with Gasteiger partial charge in [0.2, 0.25) is 5.91 Å². The molecule has 2 N–H and O–H groups in total. The van der Waals surface area contributed by atoms with E-state index in [1.165, 1.54) is 0 Å². The molecule has 15 heavy (non-hydrogen) atoms. The molecule has 0 fully saturated rings. The number of nitrogens with one attached hydrogen (secondary N) is 2. The first kappa shape index (κ1) is 10.5. The number of fused-ring (bicyclic) bond motifs is 1. The van der Waals surface area contributed by atoms with E-state index in [0.717, 1.165) is 28.7 Å². The zero-order valence-corrected chi connectivity index (χ0v) is 10.1. The van der Waals surface area contributed by atoms with Gasteiger partial charge in [-0.25, -0.2) is 0 Å². The monoisotopic (exact) mass is 268 g/mol. The van der Waals surface area contributed by atoms with Gasteiger partial charge in [0.25, 0.3) is 0 Å². The Morgan fingerprint density at radius 2 is 2.27 bits per heavy atom. The van der Waals surface area contributed by atoms with Crippen molar-refractivity contribution in [2.24, 2.45) is 0 Å². The zero-order chi connectivity index (χ0) is 10.8. The maximum atomic E-state index is 11.7. The van der Waals surface area contributed by atoms with Crippen LogP contribution in [0.5, 0.6) is 0 Å². The van der Waals surface area contributed by atoms with Gasteiger partial charge in [0.15, 0.2) is 0 Å². The molecule has 0 radical (unpaired) electrons. The lowest BCUT2D eigenvalue weighted by Crippen LogP contribution is -2.38. The second kappa shape index (κ2) is 4.23. The second-order valence-corrected chi connectivity index (χ2v) is 4.49. The molecule has 1 unspecified atom stereocenters. The molecule has 0 bridgehead atoms. The maximum Gasteiger partial charge on any atom is 0.246 e. The average Bonchev–Trinajstić information content (AvgIpc) is 2.21. The van der Waals surface area contributed by atoms with Crippen LogP contribution >= 0.6 is 15.9 Å². The number of halogens is 1. The predicted octanol–water partition coefficient (Wildman–Crippen LogP) is 2.98. The fraction of sp³-hybridized carbons (Fsp3) is 0.364. The highest BCUT2D eigenvalue weighted by molar-refractivity contribution is 9.10. The van der Waals surface area contributed by atoms with Gasteiger partial charge in [-0.1, -0.05) is 19.4 Å². The standard InChI is InChI=1S/C11H13BrN2O/c1-2-4-9-11(15)14-8-6-3-5-7(12)10(8)13-9/h3,5-6,9,13H,2,4H2,1H3,(H,14,15). The number of carbonyl (C=O) groups excluding carboxylic acids is 1. The Hall–Kier alpha value is -1.03. The molecule has 0 saturated carbocycles. The van der Waals surface area contributed by atoms with Gasteiger partial charge in [0, 0.05) is 4.47 Å². The Balaban J connectivity index is 2.30. The highest BCUT2D eigenvalue weighted by Gasteiger charge is 2.25. The van der Waals surface area contributed by atoms with E-state index in [9.17, 15) is 4.79 Å². The topological polar surface area (TPSA) is 41.1 Å². The molecule has 80 valence electrons. The molecular formula is C11H13BrN2O. The molecule has 0 saturated heterocycles. The minimum Gasteiger partial charge on any atom is -0.371 e. The van der Waals surface area contributed by atoms with Gasteiger partial charge in [0.05, 0.1) is 11.4 Å². The lowest BCUT2D eigenvalue weighted by Gasteiger charge is -2.27. The van der Waals surface area contributed by atoms with E-state index in [1.54, 1.807) is 0 Å². The van der Waals surface area contributed by atoms with Crippen molar-refractivity contribution in [2.45, 2.75) is 25.8 Å². The average molecular weight is 269 g/mol. The molecule has 0 aliphatic carbocycles. The SMILES string of the molecule is CCCC1Nc2c(Br)cccc2NC1=O. The lowest BCUT2D eigenvalue weighted by molar-refractivity contribution is -0.117. The molecule has 2 rings (SSSR count). The van der Waals surface area contributed by atoms with E-state index >= 15 is 0 Å². The number of hydrogen-bond donors (Lipinski definition) is 2. The Bertz CT molecular complexity index is 392. The van der Waals surface area contributed by atoms with E-state index in [1.807, 2.05) is 18.2 Å². The third-order valence-corrected chi connectivity index (χ3v) is 3.14. The summed E-state index contributed by atoms with van der Waals surface area (Å²) >= 11 is 3.47. The molecule has 4 heteroatoms. The Morgan fingerprint density at radius 3 is 3.00 bits per heavy atom. The van der Waals surface area contributed by atoms with Gasteiger partial charge < -0.3 is 10.6 Å². The molecule has 3 nitrogen and oxygen atoms in total. The Morgan fingerprint density at radius 1 is 1.47 bits per heavy atom. The van der Waals surface area contributed by atoms with Crippen molar-refractivity contribution in [1.29, 1.82) is 0 Å². The minimum absolute atomic E-state index is 0.0578. The first-order valence-electron chi connectivity index (χ1n) is 5.08. The highest BCUT2D eigenvalue weighted by Crippen LogP contribution is 2.34. The summed E-state index contributed by atoms with van der Waals surface area (Å²) in [5.41, 5.74) is 1.83. The summed E-state index contributed by atoms with van der Waals surface area (Å²) in [6, 6.07) is 5.66. The summed E-state index contributed by atoms with van der Waals surface area (Å²) in [6.45, 7) is 2.07. The lowest BCUT2D eigenvalue weighted by atomic mass is 10.1. The number of amides is 1. The number of benzene rings is 1. The van der Waals surface area contributed by atoms with Crippen LogP contribution in [0.3, 0.4) is 0 Å². The number of hydrogen-bond acceptors (Lipinski definition) is 2. The molecule has 1 aliphatic heterocycles. The molecular weight excluding hydrogens is 256 g/mol. The van der Waals surface area contributed by atoms with Crippen LogP contribution in [0.15, 0.2) is 22.7 Å². The number of rotatable bonds is 2. The first-order chi connectivity index (χ1) is 7.22. The van der Waals surface area contributed by atoms with E-state index in [2.05, 4.69) is 33.5 Å². The molecule has 1 aromatic rings. The third-order valence-electron chi connectivity index (χ3n) is 2.48. The molecule has 0 aromatic heterocycles. The van der Waals surface area contributed by atoms with Crippen molar-refractivity contribution in [3.05, 3.63) is 22.7 Å². The molecule has 1 heterocycles. The van der Waals surface area contributed by atoms with Crippen molar-refractivity contribution in [2.75, 3.05) is 10.6 Å². The van der Waals surface area contributed by atoms with Crippen LogP contribution in [0.2, 0.25) is 0 Å². The summed E-state index contributed by atoms with van der Waals surface area (Å²) in [5.74, 6) is 0.0578. The van der Waals surface area contributed by atoms with E-state index in [0.29, 0.717) is 0 Å². The van der Waals surface area contributed by atoms with Crippen molar-refractivity contribution in [1.82, 2.24) is 0 Å². The maximum absolute atomic E-state index is 11.7. The summed E-state index contributed by atoms with van der Waals surface area (Å²) < 4.78 is 0.987. The van der Waals surface area contributed by atoms with Crippen molar-refractivity contribution >= 4 is 33.2 Å². The van der Waals surface area contributed by atoms with Gasteiger partial charge in [-0.3, -0.25) is 4.79 Å². The van der Waals surface area contributed by atoms with Gasteiger partial charge in [-0.05, 0) is 34.5 Å². The summed E-state index contributed by atoms with van der Waals surface area (Å²) in [5, 5.41) is 6.16. The fourth-order valence-electron chi connectivity index (χ4n) is 1.73. The Kier molecular flexibility index (Phi) is 2.95. The van der Waals surface area contributed by atoms with E-state index < -0.39 is 0 Å². The summed E-state index contributed by atoms with van der Waals surface area (Å²) in [6.07, 6.45) is 1.84. The van der Waals surface area contributed by atoms with Gasteiger partial charge in [-0.2, -0.15) is 0 Å². The first-order valence-corrected chi connectivity index (χ1v) is 5.87. The van der Waals surface area contributed by atoms with E-state index in [-0.39, 0.29) is 11.9 Å². The molecule has 1 amide bonds. The van der Waals surface area contributed by atoms with Crippen LogP contribution in [0.1, 0.15) is 19.8 Å². The smallest absolute Gasteiger partial charge is 0.246 e. The van der Waals surface area contributed by atoms with Crippen molar-refractivity contribution in [3.63, 3.8) is 0 Å². The number of carbonyl (C=O) groups is 1. The van der Waals surface area contributed by atoms with Gasteiger partial charge in [-0.15, -0.1) is 0 Å². The summed E-state index contributed by atoms with van der Waals surface area (Å²) in [4.78, 5) is 11.7. The van der Waals surface area contributed by atoms with Crippen LogP contribution < -0.4 is 10.6 Å². The number of para-hydroxylation sites is 1. The highest BCUT2D eigenvalue weighted by atomic mass is 79.9. The van der Waals surface area contributed by atoms with Crippen molar-refractivity contribution in [3.8, 4) is 0 Å². The van der Waals surface area contributed by atoms with E-state index in [4.69, 9.17) is 0 Å². The quantitative estimate of drug-likeness (QED) is 0.866. The van der Waals surface area contributed by atoms with Crippen LogP contribution in [0.25, 0.3) is 0 Å². The molecule has 1 aromatic carbocycles. The summed E-state index contributed by atoms with van der Waals surface area (Å²) in [7, 11) is 0. The zero-order valence-electron chi connectivity index (χ0n) is 8.51. The van der Waals surface area contributed by atoms with Crippen LogP contribution in [-0.2, 0) is 4.79 Å². The third kappa shape index (κ3) is 2.00. The predicted molar refractivity (Wildman–Crippen MR) is 65.1 cm³/mol. The fourth-order valence-corrected chi connectivity index (χ4v) is 2.21. The normalized spacial score (nSPS) is 19.1. The van der Waals surface area contributed by atoms with Crippen LogP contribution in [-0.4, -0.2) is 11.9 Å². The largest absolute Gasteiger partial charge is 0.371 e. The second-order valence-electron chi connectivity index (χ2n) is 3.64. The molecule has 1 atom stereocenters. The Labute approximate surface area is 97.4 Å². The van der Waals surface area contributed by atoms with Crippen LogP contribution in [0, 0.1) is 0 Å². The number of anilines is 2. The minimum atomic E-state index is -0.110. The van der Waals surface area contributed by atoms with Gasteiger partial charge >= 0.3 is 0 Å². The van der Waals surface area contributed by atoms with Crippen LogP contribution in [0.4, 0.5) is 11.4 Å².